The Labute approximate surface area is 170 Å². The second-order valence-corrected chi connectivity index (χ2v) is 7.19. The topological polar surface area (TPSA) is 58.6 Å². The maximum absolute atomic E-state index is 13.0. The Hall–Kier alpha value is -2.26. The number of methoxy groups -OCH3 is 1. The Morgan fingerprint density at radius 2 is 1.92 bits per heavy atom. The zero-order chi connectivity index (χ0) is 18.8. The summed E-state index contributed by atoms with van der Waals surface area (Å²) in [5.74, 6) is -0.218. The van der Waals surface area contributed by atoms with E-state index in [2.05, 4.69) is 27.9 Å². The van der Waals surface area contributed by atoms with E-state index >= 15 is 0 Å². The molecule has 0 aliphatic carbocycles. The molecule has 1 aliphatic heterocycles. The molecule has 3 rings (SSSR count). The number of ether oxygens (including phenoxy) is 1. The predicted octanol–water partition coefficient (Wildman–Crippen LogP) is 3.44. The maximum Gasteiger partial charge on any atom is 0.270 e. The molecule has 0 atom stereocenters. The SMILES string of the molecule is COc1ccc(/C=C2\C(=O)NC(=S)N(c3ccccc3C)C2=O)cc1I. The van der Waals surface area contributed by atoms with Crippen LogP contribution in [-0.2, 0) is 9.59 Å². The fourth-order valence-electron chi connectivity index (χ4n) is 2.63. The van der Waals surface area contributed by atoms with Gasteiger partial charge in [-0.25, -0.2) is 0 Å². The lowest BCUT2D eigenvalue weighted by Crippen LogP contribution is -2.54. The monoisotopic (exact) mass is 478 g/mol. The number of rotatable bonds is 3. The number of amides is 2. The molecule has 0 saturated carbocycles. The van der Waals surface area contributed by atoms with Crippen LogP contribution in [0.25, 0.3) is 6.08 Å². The molecule has 132 valence electrons. The second-order valence-electron chi connectivity index (χ2n) is 5.64. The Morgan fingerprint density at radius 1 is 1.19 bits per heavy atom. The molecule has 2 aromatic rings. The first-order chi connectivity index (χ1) is 12.4. The number of aryl methyl sites for hydroxylation is 1. The number of thiocarbonyl (C=S) groups is 1. The van der Waals surface area contributed by atoms with Crippen molar-refractivity contribution < 1.29 is 14.3 Å². The normalized spacial score (nSPS) is 16.0. The van der Waals surface area contributed by atoms with E-state index in [1.54, 1.807) is 31.4 Å². The smallest absolute Gasteiger partial charge is 0.270 e. The highest BCUT2D eigenvalue weighted by atomic mass is 127. The van der Waals surface area contributed by atoms with Gasteiger partial charge in [0.1, 0.15) is 11.3 Å². The van der Waals surface area contributed by atoms with Crippen molar-refractivity contribution in [2.75, 3.05) is 12.0 Å². The molecule has 2 aromatic carbocycles. The van der Waals surface area contributed by atoms with Gasteiger partial charge >= 0.3 is 0 Å². The van der Waals surface area contributed by atoms with Gasteiger partial charge < -0.3 is 4.74 Å². The van der Waals surface area contributed by atoms with Crippen LogP contribution in [0.4, 0.5) is 5.69 Å². The first-order valence-corrected chi connectivity index (χ1v) is 9.21. The van der Waals surface area contributed by atoms with E-state index < -0.39 is 11.8 Å². The highest BCUT2D eigenvalue weighted by Crippen LogP contribution is 2.26. The van der Waals surface area contributed by atoms with E-state index in [1.807, 2.05) is 31.2 Å². The van der Waals surface area contributed by atoms with E-state index in [4.69, 9.17) is 17.0 Å². The van der Waals surface area contributed by atoms with Crippen LogP contribution in [-0.4, -0.2) is 24.0 Å². The molecule has 0 radical (unpaired) electrons. The van der Waals surface area contributed by atoms with E-state index in [0.29, 0.717) is 5.69 Å². The highest BCUT2D eigenvalue weighted by Gasteiger charge is 2.34. The molecule has 0 spiro atoms. The van der Waals surface area contributed by atoms with Gasteiger partial charge in [0.15, 0.2) is 5.11 Å². The summed E-state index contributed by atoms with van der Waals surface area (Å²) in [4.78, 5) is 26.7. The summed E-state index contributed by atoms with van der Waals surface area (Å²) in [6, 6.07) is 12.8. The molecule has 26 heavy (non-hydrogen) atoms. The quantitative estimate of drug-likeness (QED) is 0.318. The van der Waals surface area contributed by atoms with Crippen molar-refractivity contribution in [3.63, 3.8) is 0 Å². The molecule has 1 fully saturated rings. The lowest BCUT2D eigenvalue weighted by molar-refractivity contribution is -0.122. The van der Waals surface area contributed by atoms with Crippen LogP contribution in [0.15, 0.2) is 48.0 Å². The molecule has 1 N–H and O–H groups in total. The molecule has 1 heterocycles. The zero-order valence-electron chi connectivity index (χ0n) is 14.1. The van der Waals surface area contributed by atoms with Gasteiger partial charge in [0.2, 0.25) is 0 Å². The number of nitrogens with zero attached hydrogens (tertiary/aromatic N) is 1. The van der Waals surface area contributed by atoms with Crippen LogP contribution < -0.4 is 15.0 Å². The Morgan fingerprint density at radius 3 is 2.58 bits per heavy atom. The second kappa shape index (κ2) is 7.55. The standard InChI is InChI=1S/C19H15IN2O3S/c1-11-5-3-4-6-15(11)22-18(24)13(17(23)21-19(22)26)9-12-7-8-16(25-2)14(20)10-12/h3-10H,1-2H3,(H,21,23,26)/b13-9+. The number of para-hydroxylation sites is 1. The van der Waals surface area contributed by atoms with Crippen molar-refractivity contribution in [1.82, 2.24) is 5.32 Å². The molecular weight excluding hydrogens is 463 g/mol. The number of anilines is 1. The summed E-state index contributed by atoms with van der Waals surface area (Å²) in [5, 5.41) is 2.68. The maximum atomic E-state index is 13.0. The summed E-state index contributed by atoms with van der Waals surface area (Å²) in [7, 11) is 1.59. The van der Waals surface area contributed by atoms with Gasteiger partial charge in [0.05, 0.1) is 16.4 Å². The van der Waals surface area contributed by atoms with Crippen LogP contribution in [0.1, 0.15) is 11.1 Å². The van der Waals surface area contributed by atoms with Gasteiger partial charge in [-0.05, 0) is 77.1 Å². The van der Waals surface area contributed by atoms with Gasteiger partial charge in [0, 0.05) is 0 Å². The fraction of sp³-hybridized carbons (Fsp3) is 0.105. The molecule has 1 aliphatic rings. The average molecular weight is 478 g/mol. The van der Waals surface area contributed by atoms with Gasteiger partial charge in [0.25, 0.3) is 11.8 Å². The van der Waals surface area contributed by atoms with Crippen molar-refractivity contribution in [2.45, 2.75) is 6.92 Å². The molecule has 5 nitrogen and oxygen atoms in total. The Bertz CT molecular complexity index is 956. The van der Waals surface area contributed by atoms with Crippen LogP contribution in [0.3, 0.4) is 0 Å². The van der Waals surface area contributed by atoms with E-state index in [-0.39, 0.29) is 10.7 Å². The summed E-state index contributed by atoms with van der Waals surface area (Å²) < 4.78 is 6.12. The molecule has 7 heteroatoms. The van der Waals surface area contributed by atoms with Crippen LogP contribution in [0.5, 0.6) is 5.75 Å². The third-order valence-corrected chi connectivity index (χ3v) is 5.07. The van der Waals surface area contributed by atoms with Crippen molar-refractivity contribution in [1.29, 1.82) is 0 Å². The first-order valence-electron chi connectivity index (χ1n) is 7.73. The summed E-state index contributed by atoms with van der Waals surface area (Å²) in [6.07, 6.45) is 1.56. The largest absolute Gasteiger partial charge is 0.496 e. The van der Waals surface area contributed by atoms with Gasteiger partial charge in [-0.2, -0.15) is 0 Å². The number of benzene rings is 2. The third kappa shape index (κ3) is 3.49. The van der Waals surface area contributed by atoms with Crippen molar-refractivity contribution in [3.8, 4) is 5.75 Å². The minimum atomic E-state index is -0.504. The lowest BCUT2D eigenvalue weighted by atomic mass is 10.1. The molecule has 2 amide bonds. The van der Waals surface area contributed by atoms with E-state index in [0.717, 1.165) is 20.4 Å². The summed E-state index contributed by atoms with van der Waals surface area (Å²) in [5.41, 5.74) is 2.30. The van der Waals surface area contributed by atoms with Crippen LogP contribution in [0, 0.1) is 10.5 Å². The number of hydrogen-bond acceptors (Lipinski definition) is 4. The number of nitrogens with one attached hydrogen (secondary N) is 1. The van der Waals surface area contributed by atoms with Gasteiger partial charge in [-0.3, -0.25) is 19.8 Å². The Kier molecular flexibility index (Phi) is 5.38. The van der Waals surface area contributed by atoms with Crippen LogP contribution >= 0.6 is 34.8 Å². The minimum Gasteiger partial charge on any atom is -0.496 e. The van der Waals surface area contributed by atoms with Gasteiger partial charge in [-0.15, -0.1) is 0 Å². The Balaban J connectivity index is 2.03. The number of hydrogen-bond donors (Lipinski definition) is 1. The van der Waals surface area contributed by atoms with E-state index in [1.165, 1.54) is 4.90 Å². The van der Waals surface area contributed by atoms with Crippen molar-refractivity contribution in [2.24, 2.45) is 0 Å². The lowest BCUT2D eigenvalue weighted by Gasteiger charge is -2.30. The van der Waals surface area contributed by atoms with Crippen LogP contribution in [0.2, 0.25) is 0 Å². The summed E-state index contributed by atoms with van der Waals surface area (Å²) >= 11 is 7.36. The fourth-order valence-corrected chi connectivity index (χ4v) is 3.66. The minimum absolute atomic E-state index is 0.0304. The van der Waals surface area contributed by atoms with Gasteiger partial charge in [-0.1, -0.05) is 24.3 Å². The van der Waals surface area contributed by atoms with Crippen molar-refractivity contribution in [3.05, 3.63) is 62.7 Å². The number of carbonyl (C=O) groups is 2. The molecule has 1 saturated heterocycles. The number of halogens is 1. The van der Waals surface area contributed by atoms with E-state index in [9.17, 15) is 9.59 Å². The molecule has 0 bridgehead atoms. The molecule has 0 unspecified atom stereocenters. The van der Waals surface area contributed by atoms with Crippen molar-refractivity contribution >= 4 is 63.5 Å². The zero-order valence-corrected chi connectivity index (χ0v) is 17.1. The highest BCUT2D eigenvalue weighted by molar-refractivity contribution is 14.1. The molecular formula is C19H15IN2O3S. The number of carbonyl (C=O) groups excluding carboxylic acids is 2. The molecule has 0 aromatic heterocycles. The predicted molar refractivity (Wildman–Crippen MR) is 113 cm³/mol. The average Bonchev–Trinajstić information content (AvgIpc) is 2.60. The summed E-state index contributed by atoms with van der Waals surface area (Å²) in [6.45, 7) is 1.89. The first kappa shape index (κ1) is 18.5. The third-order valence-electron chi connectivity index (χ3n) is 3.94.